The summed E-state index contributed by atoms with van der Waals surface area (Å²) in [4.78, 5) is 1.65. The Morgan fingerprint density at radius 2 is 1.93 bits per heavy atom. The molecule has 82 valence electrons. The van der Waals surface area contributed by atoms with Crippen LogP contribution in [0.4, 0.5) is 0 Å². The number of hydrogen-bond acceptors (Lipinski definition) is 1. The fourth-order valence-corrected chi connectivity index (χ4v) is 2.15. The fraction of sp³-hybridized carbons (Fsp3) is 0.538. The second kappa shape index (κ2) is 4.77. The van der Waals surface area contributed by atoms with Gasteiger partial charge < -0.3 is 9.64 Å². The predicted molar refractivity (Wildman–Crippen MR) is 61.1 cm³/mol. The van der Waals surface area contributed by atoms with Crippen molar-refractivity contribution in [2.75, 3.05) is 26.3 Å². The van der Waals surface area contributed by atoms with E-state index >= 15 is 0 Å². The van der Waals surface area contributed by atoms with E-state index in [1.807, 2.05) is 0 Å². The Balaban J connectivity index is 2.03. The SMILES string of the molecule is Cc1ccc(C[NH+]2CCOCC2)c(C)c1. The predicted octanol–water partition coefficient (Wildman–Crippen LogP) is 0.719. The third kappa shape index (κ3) is 2.80. The highest BCUT2D eigenvalue weighted by Crippen LogP contribution is 2.09. The van der Waals surface area contributed by atoms with E-state index in [0.717, 1.165) is 32.8 Å². The summed E-state index contributed by atoms with van der Waals surface area (Å²) < 4.78 is 5.37. The van der Waals surface area contributed by atoms with Gasteiger partial charge in [-0.2, -0.15) is 0 Å². The van der Waals surface area contributed by atoms with Crippen LogP contribution in [0.15, 0.2) is 18.2 Å². The van der Waals surface area contributed by atoms with Gasteiger partial charge in [-0.1, -0.05) is 23.8 Å². The zero-order valence-electron chi connectivity index (χ0n) is 9.68. The highest BCUT2D eigenvalue weighted by atomic mass is 16.5. The van der Waals surface area contributed by atoms with Crippen molar-refractivity contribution in [1.82, 2.24) is 0 Å². The van der Waals surface area contributed by atoms with Gasteiger partial charge in [0.15, 0.2) is 0 Å². The molecule has 1 aromatic rings. The molecule has 1 saturated heterocycles. The van der Waals surface area contributed by atoms with Crippen LogP contribution in [0.3, 0.4) is 0 Å². The summed E-state index contributed by atoms with van der Waals surface area (Å²) in [7, 11) is 0. The maximum atomic E-state index is 5.37. The van der Waals surface area contributed by atoms with Crippen molar-refractivity contribution in [2.24, 2.45) is 0 Å². The van der Waals surface area contributed by atoms with Crippen LogP contribution < -0.4 is 4.90 Å². The summed E-state index contributed by atoms with van der Waals surface area (Å²) in [5.74, 6) is 0. The standard InChI is InChI=1S/C13H19NO/c1-11-3-4-13(12(2)9-11)10-14-5-7-15-8-6-14/h3-4,9H,5-8,10H2,1-2H3/p+1. The molecule has 1 aliphatic heterocycles. The van der Waals surface area contributed by atoms with E-state index in [1.54, 1.807) is 4.90 Å². The van der Waals surface area contributed by atoms with Crippen molar-refractivity contribution < 1.29 is 9.64 Å². The molecular formula is C13H20NO+. The molecule has 1 aliphatic rings. The zero-order valence-corrected chi connectivity index (χ0v) is 9.68. The molecule has 0 radical (unpaired) electrons. The molecular weight excluding hydrogens is 186 g/mol. The Morgan fingerprint density at radius 3 is 2.60 bits per heavy atom. The van der Waals surface area contributed by atoms with Crippen molar-refractivity contribution in [3.05, 3.63) is 34.9 Å². The number of quaternary nitrogens is 1. The lowest BCUT2D eigenvalue weighted by molar-refractivity contribution is -0.921. The van der Waals surface area contributed by atoms with Crippen LogP contribution >= 0.6 is 0 Å². The molecule has 1 heterocycles. The van der Waals surface area contributed by atoms with E-state index in [0.29, 0.717) is 0 Å². The molecule has 0 atom stereocenters. The van der Waals surface area contributed by atoms with Crippen LogP contribution in [0.1, 0.15) is 16.7 Å². The average Bonchev–Trinajstić information content (AvgIpc) is 2.24. The van der Waals surface area contributed by atoms with Gasteiger partial charge in [-0.05, 0) is 19.4 Å². The van der Waals surface area contributed by atoms with Crippen molar-refractivity contribution in [3.63, 3.8) is 0 Å². The van der Waals surface area contributed by atoms with Gasteiger partial charge in [0, 0.05) is 5.56 Å². The maximum absolute atomic E-state index is 5.37. The average molecular weight is 206 g/mol. The first-order valence-corrected chi connectivity index (χ1v) is 5.73. The summed E-state index contributed by atoms with van der Waals surface area (Å²) >= 11 is 0. The van der Waals surface area contributed by atoms with Crippen LogP contribution in [0.5, 0.6) is 0 Å². The summed E-state index contributed by atoms with van der Waals surface area (Å²) in [6.45, 7) is 9.64. The summed E-state index contributed by atoms with van der Waals surface area (Å²) in [6.07, 6.45) is 0. The molecule has 0 aliphatic carbocycles. The zero-order chi connectivity index (χ0) is 10.7. The molecule has 1 N–H and O–H groups in total. The number of benzene rings is 1. The van der Waals surface area contributed by atoms with Gasteiger partial charge in [-0.3, -0.25) is 0 Å². The molecule has 0 saturated carbocycles. The van der Waals surface area contributed by atoms with Gasteiger partial charge in [0.25, 0.3) is 0 Å². The topological polar surface area (TPSA) is 13.7 Å². The van der Waals surface area contributed by atoms with E-state index in [2.05, 4.69) is 32.0 Å². The lowest BCUT2D eigenvalue weighted by Gasteiger charge is -2.24. The van der Waals surface area contributed by atoms with E-state index in [9.17, 15) is 0 Å². The lowest BCUT2D eigenvalue weighted by atomic mass is 10.1. The van der Waals surface area contributed by atoms with Gasteiger partial charge in [-0.25, -0.2) is 0 Å². The van der Waals surface area contributed by atoms with Crippen LogP contribution in [-0.4, -0.2) is 26.3 Å². The molecule has 2 heteroatoms. The molecule has 0 aromatic heterocycles. The van der Waals surface area contributed by atoms with E-state index in [4.69, 9.17) is 4.74 Å². The fourth-order valence-electron chi connectivity index (χ4n) is 2.15. The molecule has 1 aromatic carbocycles. The van der Waals surface area contributed by atoms with Crippen LogP contribution in [-0.2, 0) is 11.3 Å². The number of rotatable bonds is 2. The molecule has 2 rings (SSSR count). The summed E-state index contributed by atoms with van der Waals surface area (Å²) in [5.41, 5.74) is 4.26. The molecule has 0 unspecified atom stereocenters. The quantitative estimate of drug-likeness (QED) is 0.753. The minimum atomic E-state index is 0.917. The number of hydrogen-bond donors (Lipinski definition) is 1. The van der Waals surface area contributed by atoms with Crippen LogP contribution in [0.25, 0.3) is 0 Å². The second-order valence-corrected chi connectivity index (χ2v) is 4.47. The maximum Gasteiger partial charge on any atom is 0.103 e. The van der Waals surface area contributed by atoms with Crippen molar-refractivity contribution in [2.45, 2.75) is 20.4 Å². The minimum Gasteiger partial charge on any atom is -0.370 e. The second-order valence-electron chi connectivity index (χ2n) is 4.47. The molecule has 15 heavy (non-hydrogen) atoms. The van der Waals surface area contributed by atoms with Crippen LogP contribution in [0, 0.1) is 13.8 Å². The third-order valence-corrected chi connectivity index (χ3v) is 3.14. The number of ether oxygens (including phenoxy) is 1. The molecule has 1 fully saturated rings. The van der Waals surface area contributed by atoms with E-state index in [1.165, 1.54) is 16.7 Å². The Kier molecular flexibility index (Phi) is 3.39. The normalized spacial score (nSPS) is 18.0. The molecule has 0 amide bonds. The monoisotopic (exact) mass is 206 g/mol. The van der Waals surface area contributed by atoms with E-state index in [-0.39, 0.29) is 0 Å². The highest BCUT2D eigenvalue weighted by molar-refractivity contribution is 5.29. The van der Waals surface area contributed by atoms with Crippen LogP contribution in [0.2, 0.25) is 0 Å². The Labute approximate surface area is 91.9 Å². The lowest BCUT2D eigenvalue weighted by Crippen LogP contribution is -3.12. The van der Waals surface area contributed by atoms with Crippen molar-refractivity contribution in [1.29, 1.82) is 0 Å². The van der Waals surface area contributed by atoms with Gasteiger partial charge in [0.05, 0.1) is 13.2 Å². The molecule has 0 spiro atoms. The van der Waals surface area contributed by atoms with Gasteiger partial charge in [-0.15, -0.1) is 0 Å². The van der Waals surface area contributed by atoms with E-state index < -0.39 is 0 Å². The highest BCUT2D eigenvalue weighted by Gasteiger charge is 2.14. The summed E-state index contributed by atoms with van der Waals surface area (Å²) in [5, 5.41) is 0. The Morgan fingerprint density at radius 1 is 1.20 bits per heavy atom. The van der Waals surface area contributed by atoms with Gasteiger partial charge >= 0.3 is 0 Å². The minimum absolute atomic E-state index is 0.917. The Bertz CT molecular complexity index is 329. The van der Waals surface area contributed by atoms with Gasteiger partial charge in [0.1, 0.15) is 19.6 Å². The summed E-state index contributed by atoms with van der Waals surface area (Å²) in [6, 6.07) is 6.75. The first-order valence-electron chi connectivity index (χ1n) is 5.73. The number of nitrogens with one attached hydrogen (secondary N) is 1. The number of morpholine rings is 1. The number of aryl methyl sites for hydroxylation is 2. The third-order valence-electron chi connectivity index (χ3n) is 3.14. The smallest absolute Gasteiger partial charge is 0.103 e. The Hall–Kier alpha value is -0.860. The van der Waals surface area contributed by atoms with Gasteiger partial charge in [0.2, 0.25) is 0 Å². The first-order chi connectivity index (χ1) is 7.25. The largest absolute Gasteiger partial charge is 0.370 e. The molecule has 0 bridgehead atoms. The first kappa shape index (κ1) is 10.7. The van der Waals surface area contributed by atoms with Crippen molar-refractivity contribution in [3.8, 4) is 0 Å². The molecule has 2 nitrogen and oxygen atoms in total. The van der Waals surface area contributed by atoms with Crippen molar-refractivity contribution >= 4 is 0 Å².